The van der Waals surface area contributed by atoms with Crippen molar-refractivity contribution in [2.24, 2.45) is 0 Å². The van der Waals surface area contributed by atoms with Crippen LogP contribution in [0.1, 0.15) is 5.56 Å². The Hall–Kier alpha value is -2.14. The first-order valence-electron chi connectivity index (χ1n) is 5.98. The zero-order valence-corrected chi connectivity index (χ0v) is 11.4. The summed E-state index contributed by atoms with van der Waals surface area (Å²) in [5, 5.41) is 5.24. The first-order valence-corrected chi connectivity index (χ1v) is 6.93. The number of fused-ring (bicyclic) bond motifs is 1. The van der Waals surface area contributed by atoms with Crippen molar-refractivity contribution in [3.8, 4) is 0 Å². The number of para-hydroxylation sites is 1. The third-order valence-corrected chi connectivity index (χ3v) is 3.69. The zero-order valence-electron chi connectivity index (χ0n) is 10.6. The van der Waals surface area contributed by atoms with Crippen LogP contribution >= 0.6 is 11.3 Å². The number of benzene rings is 1. The van der Waals surface area contributed by atoms with Gasteiger partial charge < -0.3 is 10.6 Å². The number of thiophene rings is 1. The highest BCUT2D eigenvalue weighted by atomic mass is 32.1. The molecular formula is C14H14N4S. The molecule has 2 heterocycles. The van der Waals surface area contributed by atoms with E-state index >= 15 is 0 Å². The molecule has 4 nitrogen and oxygen atoms in total. The summed E-state index contributed by atoms with van der Waals surface area (Å²) >= 11 is 1.70. The lowest BCUT2D eigenvalue weighted by atomic mass is 10.2. The summed E-state index contributed by atoms with van der Waals surface area (Å²) in [6.45, 7) is 0.809. The van der Waals surface area contributed by atoms with Crippen molar-refractivity contribution in [1.82, 2.24) is 9.97 Å². The Morgan fingerprint density at radius 1 is 1.21 bits per heavy atom. The molecule has 3 rings (SSSR count). The summed E-state index contributed by atoms with van der Waals surface area (Å²) < 4.78 is 0. The second-order valence-corrected chi connectivity index (χ2v) is 5.19. The first kappa shape index (κ1) is 11.9. The number of rotatable bonds is 3. The molecule has 0 saturated heterocycles. The molecule has 0 radical (unpaired) electrons. The van der Waals surface area contributed by atoms with Gasteiger partial charge in [0.1, 0.15) is 5.82 Å². The molecule has 1 aromatic carbocycles. The second kappa shape index (κ2) is 4.85. The molecule has 0 unspecified atom stereocenters. The maximum Gasteiger partial charge on any atom is 0.222 e. The van der Waals surface area contributed by atoms with Crippen LogP contribution in [0.4, 0.5) is 11.8 Å². The van der Waals surface area contributed by atoms with Gasteiger partial charge in [-0.25, -0.2) is 4.98 Å². The Bertz CT molecular complexity index is 694. The number of nitrogen functional groups attached to an aromatic ring is 1. The number of aromatic nitrogens is 2. The smallest absolute Gasteiger partial charge is 0.222 e. The van der Waals surface area contributed by atoms with Crippen LogP contribution in [0.25, 0.3) is 10.9 Å². The molecule has 0 bridgehead atoms. The molecule has 0 atom stereocenters. The Labute approximate surface area is 115 Å². The van der Waals surface area contributed by atoms with Crippen molar-refractivity contribution in [1.29, 1.82) is 0 Å². The van der Waals surface area contributed by atoms with Gasteiger partial charge in [-0.2, -0.15) is 16.3 Å². The highest BCUT2D eigenvalue weighted by Gasteiger charge is 2.10. The van der Waals surface area contributed by atoms with E-state index in [1.54, 1.807) is 11.3 Å². The predicted octanol–water partition coefficient (Wildman–Crippen LogP) is 2.91. The average molecular weight is 270 g/mol. The van der Waals surface area contributed by atoms with Crippen LogP contribution in [0.3, 0.4) is 0 Å². The van der Waals surface area contributed by atoms with E-state index in [1.165, 1.54) is 5.56 Å². The monoisotopic (exact) mass is 270 g/mol. The van der Waals surface area contributed by atoms with Gasteiger partial charge in [0.25, 0.3) is 0 Å². The van der Waals surface area contributed by atoms with E-state index in [1.807, 2.05) is 31.3 Å². The third kappa shape index (κ3) is 2.37. The molecule has 96 valence electrons. The number of anilines is 2. The standard InChI is InChI=1S/C14H14N4S/c1-18(8-10-6-7-19-9-10)13-11-4-2-3-5-12(11)16-14(15)17-13/h2-7,9H,8H2,1H3,(H2,15,16,17). The molecule has 0 aliphatic rings. The molecule has 3 aromatic rings. The van der Waals surface area contributed by atoms with E-state index in [0.29, 0.717) is 5.95 Å². The molecule has 0 spiro atoms. The molecule has 19 heavy (non-hydrogen) atoms. The van der Waals surface area contributed by atoms with Crippen molar-refractivity contribution in [2.75, 3.05) is 17.7 Å². The van der Waals surface area contributed by atoms with Gasteiger partial charge in [-0.15, -0.1) is 0 Å². The van der Waals surface area contributed by atoms with E-state index in [-0.39, 0.29) is 0 Å². The largest absolute Gasteiger partial charge is 0.368 e. The number of nitrogens with two attached hydrogens (primary N) is 1. The van der Waals surface area contributed by atoms with Gasteiger partial charge >= 0.3 is 0 Å². The van der Waals surface area contributed by atoms with Gasteiger partial charge in [-0.1, -0.05) is 12.1 Å². The fourth-order valence-corrected chi connectivity index (χ4v) is 2.76. The van der Waals surface area contributed by atoms with Crippen molar-refractivity contribution < 1.29 is 0 Å². The predicted molar refractivity (Wildman–Crippen MR) is 80.4 cm³/mol. The third-order valence-electron chi connectivity index (χ3n) is 2.96. The number of hydrogen-bond acceptors (Lipinski definition) is 5. The van der Waals surface area contributed by atoms with E-state index in [4.69, 9.17) is 5.73 Å². The topological polar surface area (TPSA) is 55.0 Å². The first-order chi connectivity index (χ1) is 9.24. The van der Waals surface area contributed by atoms with Crippen molar-refractivity contribution in [3.63, 3.8) is 0 Å². The van der Waals surface area contributed by atoms with Crippen LogP contribution in [0.15, 0.2) is 41.1 Å². The lowest BCUT2D eigenvalue weighted by Gasteiger charge is -2.19. The number of nitrogens with zero attached hydrogens (tertiary/aromatic N) is 3. The summed E-state index contributed by atoms with van der Waals surface area (Å²) in [4.78, 5) is 10.7. The van der Waals surface area contributed by atoms with Gasteiger partial charge in [0.05, 0.1) is 5.52 Å². The van der Waals surface area contributed by atoms with Crippen LogP contribution < -0.4 is 10.6 Å². The van der Waals surface area contributed by atoms with Crippen LogP contribution in [0.2, 0.25) is 0 Å². The van der Waals surface area contributed by atoms with E-state index < -0.39 is 0 Å². The van der Waals surface area contributed by atoms with Gasteiger partial charge in [-0.3, -0.25) is 0 Å². The minimum absolute atomic E-state index is 0.311. The van der Waals surface area contributed by atoms with E-state index in [2.05, 4.69) is 31.7 Å². The van der Waals surface area contributed by atoms with Crippen molar-refractivity contribution in [2.45, 2.75) is 6.54 Å². The highest BCUT2D eigenvalue weighted by molar-refractivity contribution is 7.07. The summed E-state index contributed by atoms with van der Waals surface area (Å²) in [7, 11) is 2.02. The molecule has 2 N–H and O–H groups in total. The Morgan fingerprint density at radius 3 is 2.84 bits per heavy atom. The normalized spacial score (nSPS) is 10.8. The van der Waals surface area contributed by atoms with E-state index in [0.717, 1.165) is 23.3 Å². The molecule has 2 aromatic heterocycles. The lowest BCUT2D eigenvalue weighted by Crippen LogP contribution is -2.18. The Kier molecular flexibility index (Phi) is 3.05. The fourth-order valence-electron chi connectivity index (χ4n) is 2.10. The minimum atomic E-state index is 0.311. The fraction of sp³-hybridized carbons (Fsp3) is 0.143. The highest BCUT2D eigenvalue weighted by Crippen LogP contribution is 2.25. The second-order valence-electron chi connectivity index (χ2n) is 4.41. The molecule has 0 amide bonds. The SMILES string of the molecule is CN(Cc1ccsc1)c1nc(N)nc2ccccc12. The van der Waals surface area contributed by atoms with Crippen molar-refractivity contribution in [3.05, 3.63) is 46.7 Å². The zero-order chi connectivity index (χ0) is 13.2. The quantitative estimate of drug-likeness (QED) is 0.795. The summed E-state index contributed by atoms with van der Waals surface area (Å²) in [6, 6.07) is 10.0. The molecule has 0 aliphatic heterocycles. The van der Waals surface area contributed by atoms with E-state index in [9.17, 15) is 0 Å². The lowest BCUT2D eigenvalue weighted by molar-refractivity contribution is 0.906. The summed E-state index contributed by atoms with van der Waals surface area (Å²) in [5.41, 5.74) is 7.94. The Morgan fingerprint density at radius 2 is 2.05 bits per heavy atom. The maximum atomic E-state index is 5.79. The summed E-state index contributed by atoms with van der Waals surface area (Å²) in [6.07, 6.45) is 0. The van der Waals surface area contributed by atoms with Crippen LogP contribution in [0, 0.1) is 0 Å². The molecule has 0 saturated carbocycles. The van der Waals surface area contributed by atoms with Crippen LogP contribution in [-0.2, 0) is 6.54 Å². The molecular weight excluding hydrogens is 256 g/mol. The average Bonchev–Trinajstić information content (AvgIpc) is 2.90. The van der Waals surface area contributed by atoms with Gasteiger partial charge in [-0.05, 0) is 34.5 Å². The van der Waals surface area contributed by atoms with Crippen molar-refractivity contribution >= 4 is 34.0 Å². The molecule has 0 fully saturated rings. The van der Waals surface area contributed by atoms with Gasteiger partial charge in [0.2, 0.25) is 5.95 Å². The molecule has 0 aliphatic carbocycles. The minimum Gasteiger partial charge on any atom is -0.368 e. The Balaban J connectivity index is 2.03. The number of hydrogen-bond donors (Lipinski definition) is 1. The van der Waals surface area contributed by atoms with Gasteiger partial charge in [0, 0.05) is 19.0 Å². The maximum absolute atomic E-state index is 5.79. The summed E-state index contributed by atoms with van der Waals surface area (Å²) in [5.74, 6) is 1.18. The van der Waals surface area contributed by atoms with Crippen LogP contribution in [-0.4, -0.2) is 17.0 Å². The van der Waals surface area contributed by atoms with Crippen LogP contribution in [0.5, 0.6) is 0 Å². The molecule has 5 heteroatoms. The van der Waals surface area contributed by atoms with Gasteiger partial charge in [0.15, 0.2) is 0 Å².